The van der Waals surface area contributed by atoms with Crippen LogP contribution < -0.4 is 5.32 Å². The third-order valence-electron chi connectivity index (χ3n) is 3.74. The lowest BCUT2D eigenvalue weighted by Crippen LogP contribution is -2.16. The van der Waals surface area contributed by atoms with Crippen LogP contribution in [0.4, 0.5) is 0 Å². The standard InChI is InChI=1S/C17H16N6S/c1-2-5-14(6-3-1)23-12-20-21-16(23)11-18-9-13-10-19-22-17(13)15-7-4-8-24-15/h1-8,10,12,18H,9,11H2,(H,19,22). The average Bonchev–Trinajstić information content (AvgIpc) is 3.37. The first kappa shape index (κ1) is 14.8. The van der Waals surface area contributed by atoms with Gasteiger partial charge in [-0.2, -0.15) is 5.10 Å². The molecule has 3 aromatic heterocycles. The Bertz CT molecular complexity index is 894. The van der Waals surface area contributed by atoms with E-state index >= 15 is 0 Å². The Balaban J connectivity index is 1.45. The van der Waals surface area contributed by atoms with E-state index in [0.717, 1.165) is 22.8 Å². The molecular weight excluding hydrogens is 320 g/mol. The molecule has 0 aliphatic rings. The van der Waals surface area contributed by atoms with Crippen molar-refractivity contribution in [3.8, 4) is 16.3 Å². The predicted octanol–water partition coefficient (Wildman–Crippen LogP) is 3.01. The summed E-state index contributed by atoms with van der Waals surface area (Å²) in [5, 5.41) is 21.0. The van der Waals surface area contributed by atoms with Crippen molar-refractivity contribution in [2.45, 2.75) is 13.1 Å². The number of aromatic nitrogens is 5. The number of thiophene rings is 1. The van der Waals surface area contributed by atoms with Gasteiger partial charge in [-0.3, -0.25) is 9.67 Å². The Labute approximate surface area is 143 Å². The van der Waals surface area contributed by atoms with E-state index in [1.807, 2.05) is 47.2 Å². The Morgan fingerprint density at radius 1 is 1.08 bits per heavy atom. The van der Waals surface area contributed by atoms with E-state index in [9.17, 15) is 0 Å². The van der Waals surface area contributed by atoms with E-state index in [1.165, 1.54) is 4.88 Å². The zero-order chi connectivity index (χ0) is 16.2. The molecule has 4 aromatic rings. The van der Waals surface area contributed by atoms with Crippen LogP contribution >= 0.6 is 11.3 Å². The lowest BCUT2D eigenvalue weighted by molar-refractivity contribution is 0.652. The van der Waals surface area contributed by atoms with E-state index in [-0.39, 0.29) is 0 Å². The number of H-pyrrole nitrogens is 1. The summed E-state index contributed by atoms with van der Waals surface area (Å²) < 4.78 is 1.99. The first-order valence-corrected chi connectivity index (χ1v) is 8.51. The van der Waals surface area contributed by atoms with Crippen LogP contribution in [0.3, 0.4) is 0 Å². The van der Waals surface area contributed by atoms with Gasteiger partial charge in [0.25, 0.3) is 0 Å². The van der Waals surface area contributed by atoms with Crippen LogP contribution in [0.15, 0.2) is 60.4 Å². The predicted molar refractivity (Wildman–Crippen MR) is 93.8 cm³/mol. The van der Waals surface area contributed by atoms with Gasteiger partial charge >= 0.3 is 0 Å². The van der Waals surface area contributed by atoms with Crippen molar-refractivity contribution < 1.29 is 0 Å². The number of benzene rings is 1. The minimum absolute atomic E-state index is 0.629. The highest BCUT2D eigenvalue weighted by molar-refractivity contribution is 7.13. The Morgan fingerprint density at radius 3 is 2.83 bits per heavy atom. The second-order valence-corrected chi connectivity index (χ2v) is 6.25. The van der Waals surface area contributed by atoms with Gasteiger partial charge in [-0.15, -0.1) is 21.5 Å². The summed E-state index contributed by atoms with van der Waals surface area (Å²) in [7, 11) is 0. The number of aromatic amines is 1. The van der Waals surface area contributed by atoms with Gasteiger partial charge in [0.2, 0.25) is 0 Å². The molecule has 0 atom stereocenters. The molecule has 0 saturated carbocycles. The number of nitrogens with zero attached hydrogens (tertiary/aromatic N) is 4. The van der Waals surface area contributed by atoms with E-state index < -0.39 is 0 Å². The molecule has 120 valence electrons. The summed E-state index contributed by atoms with van der Waals surface area (Å²) in [4.78, 5) is 1.19. The fraction of sp³-hybridized carbons (Fsp3) is 0.118. The van der Waals surface area contributed by atoms with Crippen molar-refractivity contribution in [1.82, 2.24) is 30.3 Å². The van der Waals surface area contributed by atoms with Gasteiger partial charge in [0, 0.05) is 17.8 Å². The lowest BCUT2D eigenvalue weighted by atomic mass is 10.2. The van der Waals surface area contributed by atoms with Gasteiger partial charge in [-0.25, -0.2) is 0 Å². The SMILES string of the molecule is c1ccc(-n2cnnc2CNCc2cn[nH]c2-c2cccs2)cc1. The third kappa shape index (κ3) is 2.99. The van der Waals surface area contributed by atoms with Gasteiger partial charge in [-0.05, 0) is 23.6 Å². The zero-order valence-corrected chi connectivity index (χ0v) is 13.7. The Kier molecular flexibility index (Phi) is 4.18. The molecule has 4 rings (SSSR count). The summed E-state index contributed by atoms with van der Waals surface area (Å²) in [5.74, 6) is 0.877. The largest absolute Gasteiger partial charge is 0.306 e. The van der Waals surface area contributed by atoms with Crippen LogP contribution in [0, 0.1) is 0 Å². The molecule has 0 aliphatic heterocycles. The van der Waals surface area contributed by atoms with Crippen LogP contribution in [0.2, 0.25) is 0 Å². The van der Waals surface area contributed by atoms with Crippen LogP contribution in [-0.2, 0) is 13.1 Å². The monoisotopic (exact) mass is 336 g/mol. The van der Waals surface area contributed by atoms with Gasteiger partial charge in [0.05, 0.1) is 23.3 Å². The van der Waals surface area contributed by atoms with Gasteiger partial charge in [0.1, 0.15) is 6.33 Å². The van der Waals surface area contributed by atoms with Crippen LogP contribution in [-0.4, -0.2) is 25.0 Å². The molecule has 6 nitrogen and oxygen atoms in total. The van der Waals surface area contributed by atoms with E-state index in [1.54, 1.807) is 17.7 Å². The molecular formula is C17H16N6S. The number of hydrogen-bond donors (Lipinski definition) is 2. The van der Waals surface area contributed by atoms with Crippen molar-refractivity contribution in [3.05, 3.63) is 71.8 Å². The highest BCUT2D eigenvalue weighted by atomic mass is 32.1. The third-order valence-corrected chi connectivity index (χ3v) is 4.62. The summed E-state index contributed by atoms with van der Waals surface area (Å²) >= 11 is 1.70. The second kappa shape index (κ2) is 6.77. The molecule has 7 heteroatoms. The second-order valence-electron chi connectivity index (χ2n) is 5.30. The molecule has 0 unspecified atom stereocenters. The van der Waals surface area contributed by atoms with Gasteiger partial charge in [0.15, 0.2) is 5.82 Å². The smallest absolute Gasteiger partial charge is 0.151 e. The van der Waals surface area contributed by atoms with Crippen molar-refractivity contribution in [1.29, 1.82) is 0 Å². The molecule has 0 spiro atoms. The molecule has 0 amide bonds. The Hall–Kier alpha value is -2.77. The molecule has 0 radical (unpaired) electrons. The van der Waals surface area contributed by atoms with Crippen LogP contribution in [0.5, 0.6) is 0 Å². The van der Waals surface area contributed by atoms with Crippen molar-refractivity contribution in [2.24, 2.45) is 0 Å². The van der Waals surface area contributed by atoms with E-state index in [4.69, 9.17) is 0 Å². The number of para-hydroxylation sites is 1. The van der Waals surface area contributed by atoms with Gasteiger partial charge in [-0.1, -0.05) is 24.3 Å². The normalized spacial score (nSPS) is 11.0. The average molecular weight is 336 g/mol. The maximum Gasteiger partial charge on any atom is 0.151 e. The van der Waals surface area contributed by atoms with E-state index in [2.05, 4.69) is 37.2 Å². The molecule has 3 heterocycles. The highest BCUT2D eigenvalue weighted by Gasteiger charge is 2.10. The molecule has 0 saturated heterocycles. The first-order valence-electron chi connectivity index (χ1n) is 7.63. The Morgan fingerprint density at radius 2 is 2.00 bits per heavy atom. The fourth-order valence-electron chi connectivity index (χ4n) is 2.57. The quantitative estimate of drug-likeness (QED) is 0.568. The zero-order valence-electron chi connectivity index (χ0n) is 12.9. The molecule has 0 fully saturated rings. The summed E-state index contributed by atoms with van der Waals surface area (Å²) in [6.07, 6.45) is 3.60. The van der Waals surface area contributed by atoms with Crippen LogP contribution in [0.25, 0.3) is 16.3 Å². The highest BCUT2D eigenvalue weighted by Crippen LogP contribution is 2.25. The number of hydrogen-bond acceptors (Lipinski definition) is 5. The summed E-state index contributed by atoms with van der Waals surface area (Å²) in [5.41, 5.74) is 3.27. The molecule has 2 N–H and O–H groups in total. The molecule has 1 aromatic carbocycles. The molecule has 24 heavy (non-hydrogen) atoms. The lowest BCUT2D eigenvalue weighted by Gasteiger charge is -2.07. The van der Waals surface area contributed by atoms with Crippen LogP contribution in [0.1, 0.15) is 11.4 Å². The first-order chi connectivity index (χ1) is 11.9. The maximum absolute atomic E-state index is 4.21. The minimum atomic E-state index is 0.629. The number of nitrogens with one attached hydrogen (secondary N) is 2. The molecule has 0 aliphatic carbocycles. The summed E-state index contributed by atoms with van der Waals surface area (Å²) in [6, 6.07) is 14.2. The van der Waals surface area contributed by atoms with Crippen molar-refractivity contribution in [3.63, 3.8) is 0 Å². The van der Waals surface area contributed by atoms with Crippen molar-refractivity contribution in [2.75, 3.05) is 0 Å². The topological polar surface area (TPSA) is 71.4 Å². The maximum atomic E-state index is 4.21. The van der Waals surface area contributed by atoms with E-state index in [0.29, 0.717) is 13.1 Å². The molecule has 0 bridgehead atoms. The minimum Gasteiger partial charge on any atom is -0.306 e. The number of rotatable bonds is 6. The summed E-state index contributed by atoms with van der Waals surface area (Å²) in [6.45, 7) is 1.34. The van der Waals surface area contributed by atoms with Crippen molar-refractivity contribution >= 4 is 11.3 Å². The fourth-order valence-corrected chi connectivity index (χ4v) is 3.33. The van der Waals surface area contributed by atoms with Gasteiger partial charge < -0.3 is 5.32 Å².